The summed E-state index contributed by atoms with van der Waals surface area (Å²) in [7, 11) is 0. The molecule has 1 atom stereocenters. The highest BCUT2D eigenvalue weighted by molar-refractivity contribution is 6.31. The summed E-state index contributed by atoms with van der Waals surface area (Å²) in [6.07, 6.45) is 0.374. The first kappa shape index (κ1) is 26.6. The molecule has 3 aromatic carbocycles. The molecule has 0 saturated heterocycles. The SMILES string of the molecule is Cc1cc(OCC(=O)N(Cc2ccc(Cl)cc2)C(Cc2ccccc2)C(=O)NC(C)C)ccc1Cl. The van der Waals surface area contributed by atoms with Gasteiger partial charge in [-0.1, -0.05) is 65.7 Å². The van der Waals surface area contributed by atoms with Gasteiger partial charge >= 0.3 is 0 Å². The first-order valence-corrected chi connectivity index (χ1v) is 12.3. The molecular formula is C28H30Cl2N2O3. The van der Waals surface area contributed by atoms with Crippen LogP contribution in [0.4, 0.5) is 0 Å². The number of ether oxygens (including phenoxy) is 1. The Morgan fingerprint density at radius 3 is 2.26 bits per heavy atom. The number of hydrogen-bond acceptors (Lipinski definition) is 3. The summed E-state index contributed by atoms with van der Waals surface area (Å²) in [4.78, 5) is 28.4. The Morgan fingerprint density at radius 1 is 0.943 bits per heavy atom. The van der Waals surface area contributed by atoms with Gasteiger partial charge < -0.3 is 15.0 Å². The monoisotopic (exact) mass is 512 g/mol. The van der Waals surface area contributed by atoms with Crippen LogP contribution in [0.5, 0.6) is 5.75 Å². The number of carbonyl (C=O) groups excluding carboxylic acids is 2. The van der Waals surface area contributed by atoms with Gasteiger partial charge in [0, 0.05) is 29.1 Å². The molecule has 0 bridgehead atoms. The zero-order valence-electron chi connectivity index (χ0n) is 20.1. The number of benzene rings is 3. The maximum Gasteiger partial charge on any atom is 0.261 e. The number of nitrogens with zero attached hydrogens (tertiary/aromatic N) is 1. The van der Waals surface area contributed by atoms with Crippen LogP contribution in [0.1, 0.15) is 30.5 Å². The number of hydrogen-bond donors (Lipinski definition) is 1. The molecule has 0 saturated carbocycles. The third-order valence-corrected chi connectivity index (χ3v) is 6.14. The second kappa shape index (κ2) is 12.6. The van der Waals surface area contributed by atoms with Crippen LogP contribution in [0.3, 0.4) is 0 Å². The highest BCUT2D eigenvalue weighted by Crippen LogP contribution is 2.22. The molecule has 0 spiro atoms. The average molecular weight is 513 g/mol. The Bertz CT molecular complexity index is 1130. The van der Waals surface area contributed by atoms with Gasteiger partial charge in [0.15, 0.2) is 6.61 Å². The largest absolute Gasteiger partial charge is 0.484 e. The molecular weight excluding hydrogens is 483 g/mol. The van der Waals surface area contributed by atoms with E-state index >= 15 is 0 Å². The van der Waals surface area contributed by atoms with E-state index in [0.717, 1.165) is 16.7 Å². The van der Waals surface area contributed by atoms with Gasteiger partial charge in [-0.05, 0) is 67.8 Å². The van der Waals surface area contributed by atoms with Gasteiger partial charge in [0.05, 0.1) is 0 Å². The number of aryl methyl sites for hydroxylation is 1. The van der Waals surface area contributed by atoms with E-state index in [2.05, 4.69) is 5.32 Å². The van der Waals surface area contributed by atoms with E-state index in [9.17, 15) is 9.59 Å². The summed E-state index contributed by atoms with van der Waals surface area (Å²) in [5, 5.41) is 4.20. The van der Waals surface area contributed by atoms with E-state index in [1.807, 2.05) is 63.2 Å². The minimum absolute atomic E-state index is 0.0680. The van der Waals surface area contributed by atoms with Crippen LogP contribution >= 0.6 is 23.2 Å². The molecule has 0 fully saturated rings. The van der Waals surface area contributed by atoms with Gasteiger partial charge in [-0.15, -0.1) is 0 Å². The molecule has 0 radical (unpaired) electrons. The van der Waals surface area contributed by atoms with E-state index in [1.54, 1.807) is 35.2 Å². The van der Waals surface area contributed by atoms with Crippen molar-refractivity contribution in [1.29, 1.82) is 0 Å². The molecule has 1 N–H and O–H groups in total. The second-order valence-electron chi connectivity index (χ2n) is 8.72. The van der Waals surface area contributed by atoms with Gasteiger partial charge in [-0.3, -0.25) is 9.59 Å². The zero-order valence-corrected chi connectivity index (χ0v) is 21.6. The number of rotatable bonds is 10. The smallest absolute Gasteiger partial charge is 0.261 e. The molecule has 0 aliphatic rings. The third kappa shape index (κ3) is 8.01. The molecule has 2 amide bonds. The summed E-state index contributed by atoms with van der Waals surface area (Å²) in [6, 6.07) is 21.4. The van der Waals surface area contributed by atoms with Gasteiger partial charge in [-0.2, -0.15) is 0 Å². The van der Waals surface area contributed by atoms with Crippen LogP contribution in [-0.4, -0.2) is 35.4 Å². The van der Waals surface area contributed by atoms with Crippen molar-refractivity contribution in [3.63, 3.8) is 0 Å². The lowest BCUT2D eigenvalue weighted by atomic mass is 10.0. The molecule has 1 unspecified atom stereocenters. The van der Waals surface area contributed by atoms with Crippen LogP contribution in [-0.2, 0) is 22.6 Å². The first-order chi connectivity index (χ1) is 16.7. The molecule has 3 aromatic rings. The summed E-state index contributed by atoms with van der Waals surface area (Å²) < 4.78 is 5.80. The Morgan fingerprint density at radius 2 is 1.63 bits per heavy atom. The molecule has 0 aromatic heterocycles. The lowest BCUT2D eigenvalue weighted by Crippen LogP contribution is -2.52. The lowest BCUT2D eigenvalue weighted by molar-refractivity contribution is -0.143. The van der Waals surface area contributed by atoms with Crippen LogP contribution in [0.2, 0.25) is 10.0 Å². The highest BCUT2D eigenvalue weighted by Gasteiger charge is 2.31. The van der Waals surface area contributed by atoms with E-state index in [1.165, 1.54) is 0 Å². The van der Waals surface area contributed by atoms with Crippen molar-refractivity contribution >= 4 is 35.0 Å². The van der Waals surface area contributed by atoms with Crippen molar-refractivity contribution in [3.8, 4) is 5.75 Å². The first-order valence-electron chi connectivity index (χ1n) is 11.5. The standard InChI is InChI=1S/C28H30Cl2N2O3/c1-19(2)31-28(34)26(16-21-7-5-4-6-8-21)32(17-22-9-11-23(29)12-10-22)27(33)18-35-24-13-14-25(30)20(3)15-24/h4-15,19,26H,16-18H2,1-3H3,(H,31,34). The fourth-order valence-electron chi connectivity index (χ4n) is 3.66. The predicted molar refractivity (Wildman–Crippen MR) is 141 cm³/mol. The van der Waals surface area contributed by atoms with E-state index < -0.39 is 6.04 Å². The summed E-state index contributed by atoms with van der Waals surface area (Å²) in [5.74, 6) is 0.0267. The summed E-state index contributed by atoms with van der Waals surface area (Å²) in [5.41, 5.74) is 2.67. The quantitative estimate of drug-likeness (QED) is 0.370. The number of nitrogens with one attached hydrogen (secondary N) is 1. The fraction of sp³-hybridized carbons (Fsp3) is 0.286. The Kier molecular flexibility index (Phi) is 9.58. The van der Waals surface area contributed by atoms with Crippen molar-refractivity contribution < 1.29 is 14.3 Å². The average Bonchev–Trinajstić information content (AvgIpc) is 2.83. The van der Waals surface area contributed by atoms with Crippen molar-refractivity contribution in [2.24, 2.45) is 0 Å². The Balaban J connectivity index is 1.90. The molecule has 0 heterocycles. The minimum atomic E-state index is -0.724. The maximum atomic E-state index is 13.5. The van der Waals surface area contributed by atoms with Gasteiger partial charge in [0.1, 0.15) is 11.8 Å². The van der Waals surface area contributed by atoms with Crippen LogP contribution in [0, 0.1) is 6.92 Å². The third-order valence-electron chi connectivity index (χ3n) is 5.46. The maximum absolute atomic E-state index is 13.5. The number of carbonyl (C=O) groups is 2. The molecule has 7 heteroatoms. The van der Waals surface area contributed by atoms with Crippen molar-refractivity contribution in [2.75, 3.05) is 6.61 Å². The number of amides is 2. The van der Waals surface area contributed by atoms with E-state index in [-0.39, 0.29) is 31.0 Å². The predicted octanol–water partition coefficient (Wildman–Crippen LogP) is 5.85. The van der Waals surface area contributed by atoms with Crippen molar-refractivity contribution in [3.05, 3.63) is 99.5 Å². The molecule has 184 valence electrons. The molecule has 0 aliphatic heterocycles. The summed E-state index contributed by atoms with van der Waals surface area (Å²) in [6.45, 7) is 5.69. The van der Waals surface area contributed by atoms with Crippen LogP contribution in [0.15, 0.2) is 72.8 Å². The zero-order chi connectivity index (χ0) is 25.4. The van der Waals surface area contributed by atoms with Crippen molar-refractivity contribution in [2.45, 2.75) is 45.8 Å². The second-order valence-corrected chi connectivity index (χ2v) is 9.56. The Hall–Kier alpha value is -3.02. The number of halogens is 2. The molecule has 0 aliphatic carbocycles. The topological polar surface area (TPSA) is 58.6 Å². The van der Waals surface area contributed by atoms with Gasteiger partial charge in [0.25, 0.3) is 5.91 Å². The van der Waals surface area contributed by atoms with E-state index in [0.29, 0.717) is 22.2 Å². The highest BCUT2D eigenvalue weighted by atomic mass is 35.5. The Labute approximate surface area is 217 Å². The van der Waals surface area contributed by atoms with Crippen molar-refractivity contribution in [1.82, 2.24) is 10.2 Å². The van der Waals surface area contributed by atoms with Gasteiger partial charge in [0.2, 0.25) is 5.91 Å². The van der Waals surface area contributed by atoms with Crippen LogP contribution in [0.25, 0.3) is 0 Å². The normalized spacial score (nSPS) is 11.7. The molecule has 5 nitrogen and oxygen atoms in total. The lowest BCUT2D eigenvalue weighted by Gasteiger charge is -2.32. The van der Waals surface area contributed by atoms with Crippen LogP contribution < -0.4 is 10.1 Å². The molecule has 3 rings (SSSR count). The van der Waals surface area contributed by atoms with Gasteiger partial charge in [-0.25, -0.2) is 0 Å². The molecule has 35 heavy (non-hydrogen) atoms. The minimum Gasteiger partial charge on any atom is -0.484 e. The summed E-state index contributed by atoms with van der Waals surface area (Å²) >= 11 is 12.2. The van der Waals surface area contributed by atoms with E-state index in [4.69, 9.17) is 27.9 Å². The fourth-order valence-corrected chi connectivity index (χ4v) is 3.90.